The summed E-state index contributed by atoms with van der Waals surface area (Å²) in [4.78, 5) is 0. The third-order valence-electron chi connectivity index (χ3n) is 9.43. The van der Waals surface area contributed by atoms with E-state index in [0.717, 1.165) is 44.1 Å². The summed E-state index contributed by atoms with van der Waals surface area (Å²) in [6, 6.07) is 8.39. The molecule has 3 aromatic carbocycles. The van der Waals surface area contributed by atoms with Gasteiger partial charge in [0.2, 0.25) is 5.82 Å². The molecule has 0 N–H and O–H groups in total. The highest BCUT2D eigenvalue weighted by molar-refractivity contribution is 5.68. The zero-order valence-electron chi connectivity index (χ0n) is 26.3. The van der Waals surface area contributed by atoms with Crippen LogP contribution in [0, 0.1) is 46.7 Å². The molecule has 5 rings (SSSR count). The van der Waals surface area contributed by atoms with Crippen molar-refractivity contribution < 1.29 is 35.8 Å². The molecule has 0 spiro atoms. The molecular weight excluding hydrogens is 602 g/mol. The molecule has 3 aromatic rings. The van der Waals surface area contributed by atoms with Crippen molar-refractivity contribution in [2.45, 2.75) is 84.3 Å². The molecule has 46 heavy (non-hydrogen) atoms. The summed E-state index contributed by atoms with van der Waals surface area (Å²) in [5, 5.41) is 0. The van der Waals surface area contributed by atoms with Gasteiger partial charge in [0, 0.05) is 22.3 Å². The van der Waals surface area contributed by atoms with Crippen molar-refractivity contribution in [1.29, 1.82) is 0 Å². The highest BCUT2D eigenvalue weighted by Gasteiger charge is 2.30. The van der Waals surface area contributed by atoms with Crippen LogP contribution in [0.15, 0.2) is 54.6 Å². The van der Waals surface area contributed by atoms with E-state index in [-0.39, 0.29) is 47.3 Å². The first kappa shape index (κ1) is 33.8. The van der Waals surface area contributed by atoms with E-state index in [0.29, 0.717) is 36.7 Å². The van der Waals surface area contributed by atoms with Crippen LogP contribution in [0.1, 0.15) is 81.9 Å². The van der Waals surface area contributed by atoms with E-state index in [4.69, 9.17) is 9.47 Å². The molecule has 1 atom stereocenters. The van der Waals surface area contributed by atoms with E-state index < -0.39 is 34.9 Å². The second kappa shape index (κ2) is 15.4. The van der Waals surface area contributed by atoms with Crippen molar-refractivity contribution >= 4 is 5.57 Å². The second-order valence-electron chi connectivity index (χ2n) is 12.2. The zero-order valence-corrected chi connectivity index (χ0v) is 26.3. The normalized spacial score (nSPS) is 20.3. The van der Waals surface area contributed by atoms with E-state index in [1.165, 1.54) is 30.3 Å². The molecule has 1 fully saturated rings. The van der Waals surface area contributed by atoms with E-state index >= 15 is 8.78 Å². The first-order valence-electron chi connectivity index (χ1n) is 16.2. The van der Waals surface area contributed by atoms with Crippen molar-refractivity contribution in [3.05, 3.63) is 106 Å². The maximum atomic E-state index is 15.1. The largest absolute Gasteiger partial charge is 0.491 e. The van der Waals surface area contributed by atoms with Crippen LogP contribution in [-0.4, -0.2) is 12.7 Å². The lowest BCUT2D eigenvalue weighted by Crippen LogP contribution is -2.27. The Morgan fingerprint density at radius 1 is 0.696 bits per heavy atom. The lowest BCUT2D eigenvalue weighted by atomic mass is 9.73. The lowest BCUT2D eigenvalue weighted by molar-refractivity contribution is -0.000995. The molecule has 0 aliphatic heterocycles. The molecule has 0 amide bonds. The monoisotopic (exact) mass is 642 g/mol. The Balaban J connectivity index is 1.14. The van der Waals surface area contributed by atoms with Gasteiger partial charge in [-0.3, -0.25) is 0 Å². The van der Waals surface area contributed by atoms with E-state index in [1.807, 2.05) is 25.2 Å². The molecular formula is C38H40F6O2. The van der Waals surface area contributed by atoms with Gasteiger partial charge in [-0.15, -0.1) is 0 Å². The number of rotatable bonds is 11. The molecule has 8 heteroatoms. The predicted octanol–water partition coefficient (Wildman–Crippen LogP) is 11.1. The first-order valence-corrected chi connectivity index (χ1v) is 16.2. The smallest absolute Gasteiger partial charge is 0.201 e. The van der Waals surface area contributed by atoms with Crippen LogP contribution in [0.25, 0.3) is 16.7 Å². The van der Waals surface area contributed by atoms with Gasteiger partial charge in [-0.25, -0.2) is 22.0 Å². The zero-order chi connectivity index (χ0) is 32.8. The Labute approximate surface area is 267 Å². The van der Waals surface area contributed by atoms with Crippen molar-refractivity contribution in [3.63, 3.8) is 0 Å². The van der Waals surface area contributed by atoms with E-state index in [9.17, 15) is 17.6 Å². The lowest BCUT2D eigenvalue weighted by Gasteiger charge is -2.35. The second-order valence-corrected chi connectivity index (χ2v) is 12.2. The summed E-state index contributed by atoms with van der Waals surface area (Å²) in [7, 11) is 0. The summed E-state index contributed by atoms with van der Waals surface area (Å²) in [6.07, 6.45) is 12.2. The van der Waals surface area contributed by atoms with Crippen LogP contribution in [0.4, 0.5) is 26.3 Å². The van der Waals surface area contributed by atoms with Crippen LogP contribution >= 0.6 is 0 Å². The Morgan fingerprint density at radius 2 is 1.33 bits per heavy atom. The van der Waals surface area contributed by atoms with Crippen LogP contribution in [-0.2, 0) is 17.8 Å². The fourth-order valence-corrected chi connectivity index (χ4v) is 6.81. The highest BCUT2D eigenvalue weighted by Crippen LogP contribution is 2.42. The molecule has 2 nitrogen and oxygen atoms in total. The maximum absolute atomic E-state index is 15.1. The minimum absolute atomic E-state index is 0.0233. The van der Waals surface area contributed by atoms with Crippen LogP contribution < -0.4 is 4.74 Å². The number of aryl methyl sites for hydroxylation is 1. The van der Waals surface area contributed by atoms with Gasteiger partial charge >= 0.3 is 0 Å². The average Bonchev–Trinajstić information content (AvgIpc) is 3.07. The Morgan fingerprint density at radius 3 is 1.96 bits per heavy atom. The van der Waals surface area contributed by atoms with Gasteiger partial charge in [-0.05, 0) is 107 Å². The van der Waals surface area contributed by atoms with Crippen molar-refractivity contribution in [3.8, 4) is 16.9 Å². The summed E-state index contributed by atoms with van der Waals surface area (Å²) >= 11 is 0. The Bertz CT molecular complexity index is 1590. The van der Waals surface area contributed by atoms with Crippen LogP contribution in [0.2, 0.25) is 0 Å². The first-order chi connectivity index (χ1) is 22.2. The van der Waals surface area contributed by atoms with Crippen molar-refractivity contribution in [1.82, 2.24) is 0 Å². The van der Waals surface area contributed by atoms with Gasteiger partial charge < -0.3 is 9.47 Å². The highest BCUT2D eigenvalue weighted by atomic mass is 19.2. The molecule has 0 saturated heterocycles. The fourth-order valence-electron chi connectivity index (χ4n) is 6.81. The topological polar surface area (TPSA) is 18.5 Å². The molecule has 2 aliphatic carbocycles. The molecule has 246 valence electrons. The summed E-state index contributed by atoms with van der Waals surface area (Å²) in [5.41, 5.74) is 0.655. The number of allylic oxidation sites excluding steroid dienone is 4. The summed E-state index contributed by atoms with van der Waals surface area (Å²) in [6.45, 7) is 3.69. The quantitative estimate of drug-likeness (QED) is 0.153. The van der Waals surface area contributed by atoms with Crippen molar-refractivity contribution in [2.75, 3.05) is 6.61 Å². The molecule has 0 bridgehead atoms. The predicted molar refractivity (Wildman–Crippen MR) is 168 cm³/mol. The number of hydrogen-bond donors (Lipinski definition) is 0. The minimum atomic E-state index is -1.23. The van der Waals surface area contributed by atoms with E-state index in [2.05, 4.69) is 0 Å². The average molecular weight is 643 g/mol. The minimum Gasteiger partial charge on any atom is -0.491 e. The number of halogens is 6. The molecule has 1 unspecified atom stereocenters. The Kier molecular flexibility index (Phi) is 11.3. The molecule has 0 heterocycles. The van der Waals surface area contributed by atoms with Crippen LogP contribution in [0.5, 0.6) is 5.75 Å². The third kappa shape index (κ3) is 7.38. The summed E-state index contributed by atoms with van der Waals surface area (Å²) < 4.78 is 99.8. The fraction of sp³-hybridized carbons (Fsp3) is 0.421. The van der Waals surface area contributed by atoms with Gasteiger partial charge in [0.05, 0.1) is 19.3 Å². The number of hydrogen-bond acceptors (Lipinski definition) is 2. The Hall–Kier alpha value is -3.52. The molecule has 0 aromatic heterocycles. The standard InChI is InChI=1S/C38H40F6O2/c1-3-5-6-7-26-14-18-30(36(42)33(26)39)31-19-15-27(34(40)37(31)43)22-46-28-16-12-24(13-17-28)23-8-10-25(11-9-23)29-20-21-32(45-4-2)38(44)35(29)41/h3,5,10,14-15,18-21,23-24,28H,4,6-9,11-13,16-17,22H2,1-2H3/b5-3+. The van der Waals surface area contributed by atoms with Gasteiger partial charge in [0.15, 0.2) is 34.8 Å². The van der Waals surface area contributed by atoms with Crippen LogP contribution in [0.3, 0.4) is 0 Å². The van der Waals surface area contributed by atoms with Gasteiger partial charge in [-0.2, -0.15) is 4.39 Å². The number of ether oxygens (including phenoxy) is 2. The molecule has 0 radical (unpaired) electrons. The SMILES string of the molecule is C/C=C/CCc1ccc(-c2ccc(COC3CCC(C4CC=C(c5ccc(OCC)c(F)c5F)CC4)CC3)c(F)c2F)c(F)c1F. The van der Waals surface area contributed by atoms with Gasteiger partial charge in [0.25, 0.3) is 0 Å². The third-order valence-corrected chi connectivity index (χ3v) is 9.43. The molecule has 2 aliphatic rings. The maximum Gasteiger partial charge on any atom is 0.201 e. The summed E-state index contributed by atoms with van der Waals surface area (Å²) in [5.74, 6) is -5.60. The van der Waals surface area contributed by atoms with Gasteiger partial charge in [-0.1, -0.05) is 42.5 Å². The van der Waals surface area contributed by atoms with Gasteiger partial charge in [0.1, 0.15) is 0 Å². The van der Waals surface area contributed by atoms with E-state index in [1.54, 1.807) is 13.0 Å². The van der Waals surface area contributed by atoms with Crippen molar-refractivity contribution in [2.24, 2.45) is 11.8 Å². The number of benzene rings is 3. The molecule has 1 saturated carbocycles.